The van der Waals surface area contributed by atoms with Crippen molar-refractivity contribution in [2.45, 2.75) is 32.4 Å². The molecule has 0 amide bonds. The third-order valence-electron chi connectivity index (χ3n) is 3.86. The Balaban J connectivity index is 2.69. The summed E-state index contributed by atoms with van der Waals surface area (Å²) in [6.07, 6.45) is -4.31. The molecule has 0 radical (unpaired) electrons. The lowest BCUT2D eigenvalue weighted by molar-refractivity contribution is -0.139. The minimum atomic E-state index is -4.56. The Bertz CT molecular complexity index is 820. The van der Waals surface area contributed by atoms with E-state index in [-0.39, 0.29) is 41.4 Å². The van der Waals surface area contributed by atoms with Crippen LogP contribution in [-0.4, -0.2) is 12.6 Å². The molecule has 26 heavy (non-hydrogen) atoms. The second-order valence-electron chi connectivity index (χ2n) is 5.46. The van der Waals surface area contributed by atoms with Crippen LogP contribution >= 0.6 is 0 Å². The van der Waals surface area contributed by atoms with Gasteiger partial charge in [0, 0.05) is 6.42 Å². The van der Waals surface area contributed by atoms with Crippen LogP contribution in [0.2, 0.25) is 0 Å². The van der Waals surface area contributed by atoms with Crippen molar-refractivity contribution in [1.82, 2.24) is 0 Å². The lowest BCUT2D eigenvalue weighted by Crippen LogP contribution is -2.26. The molecule has 0 fully saturated rings. The zero-order valence-corrected chi connectivity index (χ0v) is 14.2. The third-order valence-corrected chi connectivity index (χ3v) is 3.86. The number of nitrogens with two attached hydrogens (primary N) is 1. The van der Waals surface area contributed by atoms with Crippen molar-refractivity contribution in [1.29, 1.82) is 5.26 Å². The molecule has 138 valence electrons. The molecule has 2 rings (SSSR count). The molecule has 0 spiro atoms. The van der Waals surface area contributed by atoms with Gasteiger partial charge in [-0.2, -0.15) is 18.4 Å². The van der Waals surface area contributed by atoms with E-state index in [1.54, 1.807) is 13.8 Å². The van der Waals surface area contributed by atoms with Crippen molar-refractivity contribution in [2.24, 2.45) is 5.73 Å². The molecule has 1 aromatic carbocycles. The first-order valence-electron chi connectivity index (χ1n) is 7.89. The predicted molar refractivity (Wildman–Crippen MR) is 86.0 cm³/mol. The fraction of sp³-hybridized carbons (Fsp3) is 0.333. The second-order valence-corrected chi connectivity index (χ2v) is 5.46. The molecule has 8 heteroatoms. The number of carbonyl (C=O) groups is 1. The van der Waals surface area contributed by atoms with Crippen molar-refractivity contribution in [2.75, 3.05) is 6.61 Å². The van der Waals surface area contributed by atoms with E-state index in [1.807, 2.05) is 6.07 Å². The number of halogens is 3. The van der Waals surface area contributed by atoms with Gasteiger partial charge in [-0.25, -0.2) is 4.79 Å². The maximum atomic E-state index is 13.1. The first-order valence-corrected chi connectivity index (χ1v) is 7.89. The lowest BCUT2D eigenvalue weighted by Gasteiger charge is -2.28. The molecule has 0 bridgehead atoms. The molecule has 1 aliphatic heterocycles. The first kappa shape index (κ1) is 19.4. The molecule has 0 aliphatic carbocycles. The molecule has 2 N–H and O–H groups in total. The number of rotatable bonds is 4. The maximum absolute atomic E-state index is 13.1. The molecule has 1 aliphatic rings. The van der Waals surface area contributed by atoms with E-state index in [2.05, 4.69) is 0 Å². The smallest absolute Gasteiger partial charge is 0.416 e. The minimum absolute atomic E-state index is 0.0144. The molecule has 0 aromatic heterocycles. The monoisotopic (exact) mass is 366 g/mol. The summed E-state index contributed by atoms with van der Waals surface area (Å²) in [6.45, 7) is 3.36. The molecule has 0 saturated heterocycles. The van der Waals surface area contributed by atoms with Crippen molar-refractivity contribution in [3.63, 3.8) is 0 Å². The highest BCUT2D eigenvalue weighted by Crippen LogP contribution is 2.42. The highest BCUT2D eigenvalue weighted by atomic mass is 19.4. The fourth-order valence-corrected chi connectivity index (χ4v) is 2.74. The van der Waals surface area contributed by atoms with Gasteiger partial charge in [0.1, 0.15) is 17.4 Å². The van der Waals surface area contributed by atoms with Crippen molar-refractivity contribution in [3.8, 4) is 6.07 Å². The van der Waals surface area contributed by atoms with Gasteiger partial charge in [-0.15, -0.1) is 0 Å². The Kier molecular flexibility index (Phi) is 5.60. The van der Waals surface area contributed by atoms with E-state index in [4.69, 9.17) is 15.2 Å². The lowest BCUT2D eigenvalue weighted by atomic mass is 9.82. The third kappa shape index (κ3) is 3.67. The van der Waals surface area contributed by atoms with Gasteiger partial charge in [0.15, 0.2) is 0 Å². The average Bonchev–Trinajstić information content (AvgIpc) is 2.60. The first-order chi connectivity index (χ1) is 12.2. The van der Waals surface area contributed by atoms with Crippen LogP contribution in [-0.2, 0) is 20.4 Å². The van der Waals surface area contributed by atoms with Gasteiger partial charge in [0.05, 0.1) is 23.7 Å². The Morgan fingerprint density at radius 1 is 1.38 bits per heavy atom. The van der Waals surface area contributed by atoms with Crippen LogP contribution in [0.15, 0.2) is 47.1 Å². The number of allylic oxidation sites excluding steroid dienone is 2. The van der Waals surface area contributed by atoms with Crippen LogP contribution in [0.25, 0.3) is 0 Å². The summed E-state index contributed by atoms with van der Waals surface area (Å²) in [5.74, 6) is -1.92. The van der Waals surface area contributed by atoms with E-state index in [1.165, 1.54) is 12.1 Å². The quantitative estimate of drug-likeness (QED) is 0.821. The van der Waals surface area contributed by atoms with Crippen LogP contribution in [0, 0.1) is 11.3 Å². The number of ether oxygens (including phenoxy) is 2. The SMILES string of the molecule is CCOC(=O)C1=C(CC)OC(N)=C(C#N)C1c1cccc(C(F)(F)F)c1. The number of esters is 1. The summed E-state index contributed by atoms with van der Waals surface area (Å²) < 4.78 is 49.6. The number of hydrogen-bond acceptors (Lipinski definition) is 5. The molecule has 5 nitrogen and oxygen atoms in total. The van der Waals surface area contributed by atoms with Crippen molar-refractivity contribution < 1.29 is 27.4 Å². The predicted octanol–water partition coefficient (Wildman–Crippen LogP) is 3.74. The van der Waals surface area contributed by atoms with Gasteiger partial charge in [0.2, 0.25) is 5.88 Å². The fourth-order valence-electron chi connectivity index (χ4n) is 2.74. The van der Waals surface area contributed by atoms with Gasteiger partial charge in [0.25, 0.3) is 0 Å². The number of hydrogen-bond donors (Lipinski definition) is 1. The Morgan fingerprint density at radius 3 is 2.62 bits per heavy atom. The van der Waals surface area contributed by atoms with E-state index < -0.39 is 23.6 Å². The van der Waals surface area contributed by atoms with Crippen LogP contribution in [0.1, 0.15) is 37.3 Å². The summed E-state index contributed by atoms with van der Waals surface area (Å²) in [7, 11) is 0. The number of nitrogens with zero attached hydrogens (tertiary/aromatic N) is 1. The van der Waals surface area contributed by atoms with Gasteiger partial charge >= 0.3 is 12.1 Å². The topological polar surface area (TPSA) is 85.3 Å². The number of alkyl halides is 3. The zero-order chi connectivity index (χ0) is 19.5. The van der Waals surface area contributed by atoms with Crippen LogP contribution in [0.3, 0.4) is 0 Å². The molecule has 1 atom stereocenters. The van der Waals surface area contributed by atoms with Gasteiger partial charge in [-0.3, -0.25) is 0 Å². The van der Waals surface area contributed by atoms with E-state index in [9.17, 15) is 23.2 Å². The Hall–Kier alpha value is -2.95. The average molecular weight is 366 g/mol. The minimum Gasteiger partial charge on any atom is -0.463 e. The maximum Gasteiger partial charge on any atom is 0.416 e. The molecule has 1 unspecified atom stereocenters. The standard InChI is InChI=1S/C18H17F3N2O3/c1-3-13-15(17(24)25-4-2)14(12(9-22)16(23)26-13)10-6-5-7-11(8-10)18(19,20)21/h5-8,14H,3-4,23H2,1-2H3. The van der Waals surface area contributed by atoms with Crippen LogP contribution in [0.5, 0.6) is 0 Å². The van der Waals surface area contributed by atoms with E-state index in [0.717, 1.165) is 12.1 Å². The number of carbonyl (C=O) groups excluding carboxylic acids is 1. The highest BCUT2D eigenvalue weighted by Gasteiger charge is 2.38. The van der Waals surface area contributed by atoms with E-state index >= 15 is 0 Å². The summed E-state index contributed by atoms with van der Waals surface area (Å²) in [5, 5.41) is 9.45. The molecule has 0 saturated carbocycles. The van der Waals surface area contributed by atoms with Crippen molar-refractivity contribution in [3.05, 3.63) is 58.2 Å². The van der Waals surface area contributed by atoms with Gasteiger partial charge in [-0.1, -0.05) is 25.1 Å². The number of benzene rings is 1. The van der Waals surface area contributed by atoms with Crippen LogP contribution in [0.4, 0.5) is 13.2 Å². The summed E-state index contributed by atoms with van der Waals surface area (Å²) >= 11 is 0. The normalized spacial score (nSPS) is 17.6. The Labute approximate surface area is 148 Å². The zero-order valence-electron chi connectivity index (χ0n) is 14.2. The van der Waals surface area contributed by atoms with E-state index in [0.29, 0.717) is 0 Å². The summed E-state index contributed by atoms with van der Waals surface area (Å²) in [6, 6.07) is 6.27. The highest BCUT2D eigenvalue weighted by molar-refractivity contribution is 5.92. The van der Waals surface area contributed by atoms with Gasteiger partial charge in [-0.05, 0) is 18.6 Å². The molecular weight excluding hydrogens is 349 g/mol. The van der Waals surface area contributed by atoms with Crippen molar-refractivity contribution >= 4 is 5.97 Å². The van der Waals surface area contributed by atoms with Gasteiger partial charge < -0.3 is 15.2 Å². The largest absolute Gasteiger partial charge is 0.463 e. The van der Waals surface area contributed by atoms with Crippen LogP contribution < -0.4 is 5.73 Å². The molecule has 1 heterocycles. The Morgan fingerprint density at radius 2 is 2.08 bits per heavy atom. The summed E-state index contributed by atoms with van der Waals surface area (Å²) in [4.78, 5) is 12.4. The second kappa shape index (κ2) is 7.52. The number of nitriles is 1. The molecule has 1 aromatic rings. The molecular formula is C18H17F3N2O3. The summed E-state index contributed by atoms with van der Waals surface area (Å²) in [5.41, 5.74) is 4.84.